The van der Waals surface area contributed by atoms with E-state index in [4.69, 9.17) is 5.11 Å². The average molecular weight is 168 g/mol. The van der Waals surface area contributed by atoms with Crippen molar-refractivity contribution < 1.29 is 26.7 Å². The van der Waals surface area contributed by atoms with Gasteiger partial charge in [0.25, 0.3) is 0 Å². The van der Waals surface area contributed by atoms with Gasteiger partial charge in [0.05, 0.1) is 0 Å². The number of rotatable bonds is 1. The fourth-order valence-corrected chi connectivity index (χ4v) is 0.163. The summed E-state index contributed by atoms with van der Waals surface area (Å²) >= 11 is 0. The maximum Gasteiger partial charge on any atom is 0.164 e. The van der Waals surface area contributed by atoms with Gasteiger partial charge in [-0.05, 0) is 0 Å². The Kier molecular flexibility index (Phi) is 8.87. The zero-order valence-electron chi connectivity index (χ0n) is 4.56. The molecule has 0 atom stereocenters. The summed E-state index contributed by atoms with van der Waals surface area (Å²) < 4.78 is 1.81. The predicted molar refractivity (Wildman–Crippen MR) is 25.3 cm³/mol. The van der Waals surface area contributed by atoms with E-state index in [1.807, 2.05) is 14.1 Å². The molecule has 0 heterocycles. The first kappa shape index (κ1) is 10.2. The molecule has 0 aliphatic heterocycles. The molecule has 0 saturated carbocycles. The highest BCUT2D eigenvalue weighted by atomic mass is 79.9. The van der Waals surface area contributed by atoms with E-state index in [2.05, 4.69) is 0 Å². The molecule has 7 heavy (non-hydrogen) atoms. The van der Waals surface area contributed by atoms with Crippen molar-refractivity contribution in [3.8, 4) is 0 Å². The Hall–Kier alpha value is 0.110. The zero-order valence-corrected chi connectivity index (χ0v) is 6.14. The lowest BCUT2D eigenvalue weighted by Gasteiger charge is -1.76. The molecule has 0 amide bonds. The molecule has 44 valence electrons. The minimum absolute atomic E-state index is 0. The number of aliphatic hydroxyl groups excluding tert-OH is 1. The van der Waals surface area contributed by atoms with E-state index in [1.165, 1.54) is 0 Å². The summed E-state index contributed by atoms with van der Waals surface area (Å²) in [5, 5.41) is 8.14. The van der Waals surface area contributed by atoms with E-state index in [0.29, 0.717) is 0 Å². The third-order valence-corrected chi connectivity index (χ3v) is 0.447. The Bertz CT molecular complexity index is 58.7. The van der Waals surface area contributed by atoms with Gasteiger partial charge in [-0.25, -0.2) is 4.58 Å². The molecule has 0 spiro atoms. The number of hydrogen-bond donors (Lipinski definition) is 1. The third-order valence-electron chi connectivity index (χ3n) is 0.447. The minimum Gasteiger partial charge on any atom is -1.00 e. The lowest BCUT2D eigenvalue weighted by atomic mass is 10.8. The Labute approximate surface area is 54.2 Å². The van der Waals surface area contributed by atoms with Crippen molar-refractivity contribution >= 4 is 6.21 Å². The van der Waals surface area contributed by atoms with Gasteiger partial charge in [-0.1, -0.05) is 0 Å². The Morgan fingerprint density at radius 3 is 2.00 bits per heavy atom. The normalized spacial score (nSPS) is 6.71. The van der Waals surface area contributed by atoms with Crippen LogP contribution in [-0.2, 0) is 0 Å². The van der Waals surface area contributed by atoms with Crippen LogP contribution < -0.4 is 17.0 Å². The molecule has 0 bridgehead atoms. The second-order valence-electron chi connectivity index (χ2n) is 1.33. The molecule has 2 nitrogen and oxygen atoms in total. The molecular weight excluding hydrogens is 158 g/mol. The van der Waals surface area contributed by atoms with Gasteiger partial charge in [-0.15, -0.1) is 0 Å². The molecule has 0 aliphatic carbocycles. The molecular formula is C4H10BrNO. The van der Waals surface area contributed by atoms with Crippen LogP contribution in [0.2, 0.25) is 0 Å². The van der Waals surface area contributed by atoms with Crippen LogP contribution in [-0.4, -0.2) is 36.6 Å². The molecule has 0 unspecified atom stereocenters. The van der Waals surface area contributed by atoms with Crippen LogP contribution in [0.4, 0.5) is 0 Å². The molecule has 0 aromatic rings. The van der Waals surface area contributed by atoms with E-state index < -0.39 is 0 Å². The first-order valence-electron chi connectivity index (χ1n) is 1.88. The summed E-state index contributed by atoms with van der Waals surface area (Å²) in [5.41, 5.74) is 0. The molecule has 0 saturated heterocycles. The molecule has 0 fully saturated rings. The van der Waals surface area contributed by atoms with Crippen molar-refractivity contribution in [2.75, 3.05) is 20.7 Å². The molecule has 0 aliphatic rings. The van der Waals surface area contributed by atoms with Crippen LogP contribution in [0.3, 0.4) is 0 Å². The summed E-state index contributed by atoms with van der Waals surface area (Å²) in [6.45, 7) is 0.132. The average Bonchev–Trinajstić information content (AvgIpc) is 1.35. The highest BCUT2D eigenvalue weighted by Gasteiger charge is 1.73. The number of hydrogen-bond acceptors (Lipinski definition) is 1. The Morgan fingerprint density at radius 2 is 2.00 bits per heavy atom. The van der Waals surface area contributed by atoms with Crippen molar-refractivity contribution in [3.05, 3.63) is 0 Å². The standard InChI is InChI=1S/C4H10NO.BrH/c1-5(2)3-4-6;/h3,6H,4H2,1-2H3;1H/q+1;/p-1. The maximum atomic E-state index is 8.14. The number of nitrogens with zero attached hydrogens (tertiary/aromatic N) is 1. The van der Waals surface area contributed by atoms with Gasteiger partial charge in [0, 0.05) is 0 Å². The molecule has 3 heteroatoms. The first-order valence-corrected chi connectivity index (χ1v) is 1.88. The van der Waals surface area contributed by atoms with E-state index in [1.54, 1.807) is 10.8 Å². The van der Waals surface area contributed by atoms with Gasteiger partial charge in [-0.3, -0.25) is 0 Å². The van der Waals surface area contributed by atoms with Crippen molar-refractivity contribution in [2.24, 2.45) is 0 Å². The van der Waals surface area contributed by atoms with Crippen LogP contribution >= 0.6 is 0 Å². The Morgan fingerprint density at radius 1 is 1.57 bits per heavy atom. The van der Waals surface area contributed by atoms with Crippen LogP contribution in [0.1, 0.15) is 0 Å². The van der Waals surface area contributed by atoms with Crippen molar-refractivity contribution in [3.63, 3.8) is 0 Å². The van der Waals surface area contributed by atoms with E-state index in [-0.39, 0.29) is 23.6 Å². The van der Waals surface area contributed by atoms with Crippen LogP contribution in [0.5, 0.6) is 0 Å². The van der Waals surface area contributed by atoms with Gasteiger partial charge in [0.15, 0.2) is 6.21 Å². The zero-order chi connectivity index (χ0) is 4.99. The lowest BCUT2D eigenvalue weighted by molar-refractivity contribution is -0.460. The summed E-state index contributed by atoms with van der Waals surface area (Å²) in [4.78, 5) is 0. The molecule has 0 radical (unpaired) electrons. The van der Waals surface area contributed by atoms with Crippen molar-refractivity contribution in [2.45, 2.75) is 0 Å². The van der Waals surface area contributed by atoms with Gasteiger partial charge in [0.2, 0.25) is 0 Å². The second kappa shape index (κ2) is 6.11. The van der Waals surface area contributed by atoms with Crippen molar-refractivity contribution in [1.29, 1.82) is 0 Å². The summed E-state index contributed by atoms with van der Waals surface area (Å²) in [6.07, 6.45) is 1.68. The van der Waals surface area contributed by atoms with Gasteiger partial charge < -0.3 is 22.1 Å². The van der Waals surface area contributed by atoms with Gasteiger partial charge >= 0.3 is 0 Å². The smallest absolute Gasteiger partial charge is 0.164 e. The monoisotopic (exact) mass is 167 g/mol. The highest BCUT2D eigenvalue weighted by molar-refractivity contribution is 5.51. The summed E-state index contributed by atoms with van der Waals surface area (Å²) in [6, 6.07) is 0. The molecule has 0 aromatic carbocycles. The lowest BCUT2D eigenvalue weighted by Crippen LogP contribution is -3.00. The van der Waals surface area contributed by atoms with E-state index >= 15 is 0 Å². The highest BCUT2D eigenvalue weighted by Crippen LogP contribution is 1.47. The minimum atomic E-state index is 0. The molecule has 0 rings (SSSR count). The largest absolute Gasteiger partial charge is 1.00 e. The number of halogens is 1. The quantitative estimate of drug-likeness (QED) is 0.316. The van der Waals surface area contributed by atoms with Crippen LogP contribution in [0.15, 0.2) is 0 Å². The summed E-state index contributed by atoms with van der Waals surface area (Å²) in [7, 11) is 3.74. The third kappa shape index (κ3) is 10.7. The topological polar surface area (TPSA) is 23.2 Å². The molecule has 1 N–H and O–H groups in total. The predicted octanol–water partition coefficient (Wildman–Crippen LogP) is -3.67. The fourth-order valence-electron chi connectivity index (χ4n) is 0.163. The first-order chi connectivity index (χ1) is 2.77. The Balaban J connectivity index is 0. The van der Waals surface area contributed by atoms with Crippen molar-refractivity contribution in [1.82, 2.24) is 0 Å². The van der Waals surface area contributed by atoms with E-state index in [0.717, 1.165) is 0 Å². The fraction of sp³-hybridized carbons (Fsp3) is 0.750. The number of aliphatic hydroxyl groups is 1. The maximum absolute atomic E-state index is 8.14. The van der Waals surface area contributed by atoms with E-state index in [9.17, 15) is 0 Å². The van der Waals surface area contributed by atoms with Crippen LogP contribution in [0, 0.1) is 0 Å². The van der Waals surface area contributed by atoms with Crippen LogP contribution in [0.25, 0.3) is 0 Å². The molecule has 0 aromatic heterocycles. The van der Waals surface area contributed by atoms with Gasteiger partial charge in [0.1, 0.15) is 20.7 Å². The summed E-state index contributed by atoms with van der Waals surface area (Å²) in [5.74, 6) is 0. The van der Waals surface area contributed by atoms with Gasteiger partial charge in [-0.2, -0.15) is 0 Å². The SMILES string of the molecule is C[N+](C)=CCO.[Br-]. The second-order valence-corrected chi connectivity index (χ2v) is 1.33.